The van der Waals surface area contributed by atoms with E-state index in [-0.39, 0.29) is 32.9 Å². The molecule has 0 amide bonds. The van der Waals surface area contributed by atoms with Crippen LogP contribution in [0.4, 0.5) is 0 Å². The van der Waals surface area contributed by atoms with Crippen molar-refractivity contribution in [3.05, 3.63) is 67.3 Å². The van der Waals surface area contributed by atoms with Gasteiger partial charge in [-0.2, -0.15) is 0 Å². The monoisotopic (exact) mass is 365 g/mol. The molecular weight excluding hydrogens is 347 g/mol. The molecule has 98 valence electrons. The molecule has 0 aliphatic heterocycles. The lowest BCUT2D eigenvalue weighted by Gasteiger charge is -2.07. The van der Waals surface area contributed by atoms with Gasteiger partial charge in [0.15, 0.2) is 7.14 Å². The Morgan fingerprint density at radius 2 is 1.68 bits per heavy atom. The van der Waals surface area contributed by atoms with Gasteiger partial charge < -0.3 is 0 Å². The maximum atomic E-state index is 11.4. The van der Waals surface area contributed by atoms with E-state index in [0.717, 1.165) is 6.42 Å². The van der Waals surface area contributed by atoms with Crippen molar-refractivity contribution in [2.45, 2.75) is 20.3 Å². The van der Waals surface area contributed by atoms with Crippen molar-refractivity contribution in [2.75, 3.05) is 0 Å². The zero-order chi connectivity index (χ0) is 13.7. The van der Waals surface area contributed by atoms with Crippen molar-refractivity contribution >= 4 is 5.78 Å². The van der Waals surface area contributed by atoms with Crippen molar-refractivity contribution in [1.82, 2.24) is 0 Å². The molecule has 1 atom stereocenters. The van der Waals surface area contributed by atoms with E-state index in [1.807, 2.05) is 6.92 Å². The minimum Gasteiger partial charge on any atom is -0.300 e. The van der Waals surface area contributed by atoms with Crippen molar-refractivity contribution in [2.24, 2.45) is 5.92 Å². The number of hydrogen-bond acceptors (Lipinski definition) is 1. The Labute approximate surface area is 125 Å². The summed E-state index contributed by atoms with van der Waals surface area (Å²) in [4.78, 5) is 11.4. The highest BCUT2D eigenvalue weighted by molar-refractivity contribution is 5.78. The fourth-order valence-electron chi connectivity index (χ4n) is 1.82. The quantitative estimate of drug-likeness (QED) is 0.709. The summed E-state index contributed by atoms with van der Waals surface area (Å²) in [5, 5.41) is 0. The van der Waals surface area contributed by atoms with Crippen LogP contribution < -0.4 is 21.2 Å². The minimum absolute atomic E-state index is 0.112. The summed E-state index contributed by atoms with van der Waals surface area (Å²) in [6.45, 7) is 3.69. The number of halogens is 1. The number of carbonyl (C=O) groups is 1. The summed E-state index contributed by atoms with van der Waals surface area (Å²) in [6.07, 6.45) is 0.859. The largest absolute Gasteiger partial charge is 0.358 e. The van der Waals surface area contributed by atoms with Gasteiger partial charge in [-0.3, -0.25) is 4.79 Å². The van der Waals surface area contributed by atoms with E-state index in [1.54, 1.807) is 6.92 Å². The lowest BCUT2D eigenvalue weighted by molar-refractivity contribution is -0.598. The molecule has 0 aliphatic rings. The van der Waals surface area contributed by atoms with E-state index < -0.39 is 0 Å². The van der Waals surface area contributed by atoms with Gasteiger partial charge in [-0.25, -0.2) is 0 Å². The number of hydrogen-bond donors (Lipinski definition) is 0. The Bertz CT molecular complexity index is 548. The highest BCUT2D eigenvalue weighted by Gasteiger charge is 2.21. The molecule has 0 unspecified atom stereocenters. The first kappa shape index (κ1) is 14.3. The summed E-state index contributed by atoms with van der Waals surface area (Å²) < 4.78 is 2.85. The molecule has 2 heteroatoms. The Hall–Kier alpha value is -1.16. The van der Waals surface area contributed by atoms with Crippen molar-refractivity contribution in [1.29, 1.82) is 0 Å². The zero-order valence-electron chi connectivity index (χ0n) is 11.3. The first-order valence-electron chi connectivity index (χ1n) is 6.45. The fourth-order valence-corrected chi connectivity index (χ4v) is 4.40. The van der Waals surface area contributed by atoms with E-state index in [4.69, 9.17) is 0 Å². The SMILES string of the molecule is CC(=O)[C@@H](C)Cc1ccccc1[I+]c1ccccc1. The van der Waals surface area contributed by atoms with Crippen LogP contribution in [-0.2, 0) is 11.2 Å². The second kappa shape index (κ2) is 6.85. The normalized spacial score (nSPS) is 12.1. The van der Waals surface area contributed by atoms with Gasteiger partial charge in [0.1, 0.15) is 5.78 Å². The average molecular weight is 365 g/mol. The molecule has 1 nitrogen and oxygen atoms in total. The highest BCUT2D eigenvalue weighted by Crippen LogP contribution is 2.09. The van der Waals surface area contributed by atoms with Crippen LogP contribution in [0.3, 0.4) is 0 Å². The van der Waals surface area contributed by atoms with Crippen LogP contribution in [0, 0.1) is 13.1 Å². The maximum absolute atomic E-state index is 11.4. The van der Waals surface area contributed by atoms with Crippen molar-refractivity contribution in [3.8, 4) is 0 Å². The van der Waals surface area contributed by atoms with Gasteiger partial charge >= 0.3 is 21.2 Å². The second-order valence-corrected chi connectivity index (χ2v) is 7.64. The molecule has 0 saturated carbocycles. The molecular formula is C17H18IO+. The maximum Gasteiger partial charge on any atom is 0.358 e. The molecule has 2 aromatic rings. The first-order chi connectivity index (χ1) is 9.16. The van der Waals surface area contributed by atoms with Crippen molar-refractivity contribution in [3.63, 3.8) is 0 Å². The van der Waals surface area contributed by atoms with Crippen LogP contribution in [0.15, 0.2) is 54.6 Å². The zero-order valence-corrected chi connectivity index (χ0v) is 13.4. The summed E-state index contributed by atoms with van der Waals surface area (Å²) in [5.41, 5.74) is 1.34. The van der Waals surface area contributed by atoms with Crippen molar-refractivity contribution < 1.29 is 26.0 Å². The fraction of sp³-hybridized carbons (Fsp3) is 0.235. The molecule has 0 saturated heterocycles. The third-order valence-corrected chi connectivity index (χ3v) is 6.10. The molecule has 0 spiro atoms. The molecule has 0 fully saturated rings. The van der Waals surface area contributed by atoms with E-state index >= 15 is 0 Å². The summed E-state index contributed by atoms with van der Waals surface area (Å²) in [6, 6.07) is 19.2. The van der Waals surface area contributed by atoms with E-state index in [1.165, 1.54) is 12.7 Å². The van der Waals surface area contributed by atoms with Gasteiger partial charge in [0.05, 0.1) is 0 Å². The Balaban J connectivity index is 2.19. The Morgan fingerprint density at radius 1 is 1.05 bits per heavy atom. The molecule has 0 bridgehead atoms. The van der Waals surface area contributed by atoms with Crippen LogP contribution in [0.2, 0.25) is 0 Å². The summed E-state index contributed by atoms with van der Waals surface area (Å²) >= 11 is -0.156. The Morgan fingerprint density at radius 3 is 2.37 bits per heavy atom. The average Bonchev–Trinajstić information content (AvgIpc) is 2.42. The lowest BCUT2D eigenvalue weighted by atomic mass is 9.98. The molecule has 2 rings (SSSR count). The molecule has 19 heavy (non-hydrogen) atoms. The topological polar surface area (TPSA) is 17.1 Å². The van der Waals surface area contributed by atoms with Gasteiger partial charge in [-0.1, -0.05) is 43.3 Å². The highest BCUT2D eigenvalue weighted by atomic mass is 127. The number of rotatable bonds is 5. The molecule has 0 radical (unpaired) electrons. The summed E-state index contributed by atoms with van der Waals surface area (Å²) in [7, 11) is 0. The number of Topliss-reactive ketones (excluding diaryl/α,β-unsaturated/α-hetero) is 1. The van der Waals surface area contributed by atoms with E-state index in [9.17, 15) is 4.79 Å². The predicted octanol–water partition coefficient (Wildman–Crippen LogP) is 0.583. The number of carbonyl (C=O) groups excluding carboxylic acids is 1. The predicted molar refractivity (Wildman–Crippen MR) is 73.8 cm³/mol. The molecule has 0 aromatic heterocycles. The molecule has 0 heterocycles. The standard InChI is InChI=1S/C17H18IO/c1-13(14(2)19)12-15-8-6-7-11-17(15)18-16-9-4-3-5-10-16/h3-11,13H,12H2,1-2H3/q+1/t13-/m0/s1. The Kier molecular flexibility index (Phi) is 5.14. The third kappa shape index (κ3) is 4.16. The van der Waals surface area contributed by atoms with Gasteiger partial charge in [0.25, 0.3) is 0 Å². The van der Waals surface area contributed by atoms with E-state index in [0.29, 0.717) is 0 Å². The minimum atomic E-state index is -0.156. The van der Waals surface area contributed by atoms with Gasteiger partial charge in [-0.15, -0.1) is 0 Å². The third-order valence-electron chi connectivity index (χ3n) is 3.12. The van der Waals surface area contributed by atoms with Gasteiger partial charge in [0, 0.05) is 11.5 Å². The molecule has 2 aromatic carbocycles. The smallest absolute Gasteiger partial charge is 0.300 e. The first-order valence-corrected chi connectivity index (χ1v) is 8.61. The second-order valence-electron chi connectivity index (χ2n) is 4.70. The number of benzene rings is 2. The van der Waals surface area contributed by atoms with Gasteiger partial charge in [-0.05, 0) is 31.5 Å². The summed E-state index contributed by atoms with van der Waals surface area (Å²) in [5.74, 6) is 0.383. The van der Waals surface area contributed by atoms with Crippen LogP contribution >= 0.6 is 0 Å². The van der Waals surface area contributed by atoms with Crippen LogP contribution in [0.5, 0.6) is 0 Å². The van der Waals surface area contributed by atoms with Crippen LogP contribution in [0.25, 0.3) is 0 Å². The van der Waals surface area contributed by atoms with Crippen LogP contribution in [0.1, 0.15) is 19.4 Å². The molecule has 0 N–H and O–H groups in total. The molecule has 0 aliphatic carbocycles. The number of ketones is 1. The van der Waals surface area contributed by atoms with Crippen LogP contribution in [-0.4, -0.2) is 5.78 Å². The van der Waals surface area contributed by atoms with Gasteiger partial charge in [0.2, 0.25) is 0 Å². The van der Waals surface area contributed by atoms with E-state index in [2.05, 4.69) is 54.6 Å². The lowest BCUT2D eigenvalue weighted by Crippen LogP contribution is -3.61.